The lowest BCUT2D eigenvalue weighted by molar-refractivity contribution is -0.115. The number of allylic oxidation sites excluding steroid dienone is 2. The number of H-pyrrole nitrogens is 1. The van der Waals surface area contributed by atoms with Crippen molar-refractivity contribution in [3.8, 4) is 0 Å². The van der Waals surface area contributed by atoms with E-state index >= 15 is 0 Å². The van der Waals surface area contributed by atoms with E-state index in [9.17, 15) is 19.2 Å². The minimum absolute atomic E-state index is 0.0400. The van der Waals surface area contributed by atoms with Crippen LogP contribution in [0.4, 0.5) is 0 Å². The van der Waals surface area contributed by atoms with Crippen LogP contribution < -0.4 is 5.73 Å². The van der Waals surface area contributed by atoms with Crippen molar-refractivity contribution < 1.29 is 23.9 Å². The predicted molar refractivity (Wildman–Crippen MR) is 72.9 cm³/mol. The van der Waals surface area contributed by atoms with Crippen molar-refractivity contribution in [2.45, 2.75) is 6.92 Å². The van der Waals surface area contributed by atoms with Crippen LogP contribution in [0.2, 0.25) is 0 Å². The minimum Gasteiger partial charge on any atom is -0.461 e. The van der Waals surface area contributed by atoms with Gasteiger partial charge in [-0.1, -0.05) is 0 Å². The molecule has 1 aliphatic rings. The van der Waals surface area contributed by atoms with E-state index in [-0.39, 0.29) is 34.2 Å². The van der Waals surface area contributed by atoms with Crippen LogP contribution >= 0.6 is 11.8 Å². The van der Waals surface area contributed by atoms with Crippen molar-refractivity contribution in [2.24, 2.45) is 5.73 Å². The standard InChI is InChI=1S/C12H11N3O5S/c1-2-20-12(19)10-8-9(14-15-10)5(16)3-6(11(8)18)21-4-7(13)17/h3H,2,4H2,1H3,(H2,13,17)(H,14,15). The van der Waals surface area contributed by atoms with Crippen LogP contribution in [0, 0.1) is 0 Å². The fraction of sp³-hybridized carbons (Fsp3) is 0.250. The first-order valence-corrected chi connectivity index (χ1v) is 6.91. The van der Waals surface area contributed by atoms with Crippen LogP contribution in [-0.4, -0.2) is 46.0 Å². The Morgan fingerprint density at radius 2 is 2.14 bits per heavy atom. The number of Topliss-reactive ketones (excluding diaryl/α,β-unsaturated/α-hetero) is 1. The van der Waals surface area contributed by atoms with Crippen molar-refractivity contribution in [3.63, 3.8) is 0 Å². The number of primary amides is 1. The highest BCUT2D eigenvalue weighted by atomic mass is 32.2. The Kier molecular flexibility index (Phi) is 4.22. The molecule has 0 bridgehead atoms. The van der Waals surface area contributed by atoms with Crippen LogP contribution in [0.1, 0.15) is 38.3 Å². The van der Waals surface area contributed by atoms with Crippen molar-refractivity contribution in [2.75, 3.05) is 12.4 Å². The molecule has 0 atom stereocenters. The Bertz CT molecular complexity index is 676. The van der Waals surface area contributed by atoms with Gasteiger partial charge in [0.2, 0.25) is 17.5 Å². The number of esters is 1. The molecule has 2 rings (SSSR count). The van der Waals surface area contributed by atoms with Gasteiger partial charge in [0.1, 0.15) is 5.69 Å². The summed E-state index contributed by atoms with van der Waals surface area (Å²) in [7, 11) is 0. The molecule has 0 radical (unpaired) electrons. The number of aromatic amines is 1. The minimum atomic E-state index is -0.770. The first-order valence-electron chi connectivity index (χ1n) is 5.93. The van der Waals surface area contributed by atoms with Crippen molar-refractivity contribution in [1.29, 1.82) is 0 Å². The number of amides is 1. The molecule has 0 saturated heterocycles. The maximum Gasteiger partial charge on any atom is 0.357 e. The number of nitrogens with one attached hydrogen (secondary N) is 1. The Morgan fingerprint density at radius 1 is 1.43 bits per heavy atom. The molecule has 1 aromatic heterocycles. The fourth-order valence-corrected chi connectivity index (χ4v) is 2.45. The van der Waals surface area contributed by atoms with Crippen LogP contribution in [-0.2, 0) is 9.53 Å². The molecule has 1 aromatic rings. The van der Waals surface area contributed by atoms with Crippen LogP contribution in [0.15, 0.2) is 11.0 Å². The number of rotatable bonds is 5. The van der Waals surface area contributed by atoms with E-state index in [1.54, 1.807) is 6.92 Å². The SMILES string of the molecule is CCOC(=O)c1[nH]nc2c1C(=O)C(SCC(N)=O)=CC2=O. The number of nitrogens with two attached hydrogens (primary N) is 1. The van der Waals surface area contributed by atoms with Gasteiger partial charge in [0, 0.05) is 6.08 Å². The molecule has 3 N–H and O–H groups in total. The summed E-state index contributed by atoms with van der Waals surface area (Å²) in [6.45, 7) is 1.73. The molecule has 0 unspecified atom stereocenters. The van der Waals surface area contributed by atoms with Gasteiger partial charge in [0.15, 0.2) is 5.69 Å². The first-order chi connectivity index (χ1) is 9.95. The summed E-state index contributed by atoms with van der Waals surface area (Å²) in [6, 6.07) is 0. The molecule has 0 aliphatic heterocycles. The smallest absolute Gasteiger partial charge is 0.357 e. The third-order valence-electron chi connectivity index (χ3n) is 2.56. The maximum atomic E-state index is 12.3. The topological polar surface area (TPSA) is 132 Å². The normalized spacial score (nSPS) is 13.7. The second-order valence-electron chi connectivity index (χ2n) is 4.00. The second-order valence-corrected chi connectivity index (χ2v) is 5.02. The molecule has 1 amide bonds. The van der Waals surface area contributed by atoms with E-state index in [4.69, 9.17) is 10.5 Å². The van der Waals surface area contributed by atoms with E-state index in [1.165, 1.54) is 0 Å². The highest BCUT2D eigenvalue weighted by molar-refractivity contribution is 8.04. The summed E-state index contributed by atoms with van der Waals surface area (Å²) in [4.78, 5) is 46.7. The molecule has 0 spiro atoms. The van der Waals surface area contributed by atoms with Crippen LogP contribution in [0.5, 0.6) is 0 Å². The van der Waals surface area contributed by atoms with Crippen LogP contribution in [0.25, 0.3) is 0 Å². The van der Waals surface area contributed by atoms with Gasteiger partial charge in [-0.2, -0.15) is 5.10 Å². The molecule has 0 saturated carbocycles. The monoisotopic (exact) mass is 309 g/mol. The van der Waals surface area contributed by atoms with Gasteiger partial charge >= 0.3 is 5.97 Å². The van der Waals surface area contributed by atoms with Gasteiger partial charge in [0.25, 0.3) is 0 Å². The van der Waals surface area contributed by atoms with Gasteiger partial charge in [-0.25, -0.2) is 4.79 Å². The number of ether oxygens (including phenoxy) is 1. The van der Waals surface area contributed by atoms with Crippen molar-refractivity contribution >= 4 is 35.2 Å². The Balaban J connectivity index is 2.36. The largest absolute Gasteiger partial charge is 0.461 e. The summed E-state index contributed by atoms with van der Waals surface area (Å²) in [6.07, 6.45) is 1.08. The van der Waals surface area contributed by atoms with Crippen molar-refractivity contribution in [3.05, 3.63) is 27.9 Å². The molecule has 1 heterocycles. The average molecular weight is 309 g/mol. The molecule has 0 aromatic carbocycles. The average Bonchev–Trinajstić information content (AvgIpc) is 2.87. The zero-order chi connectivity index (χ0) is 15.6. The number of carbonyl (C=O) groups excluding carboxylic acids is 4. The lowest BCUT2D eigenvalue weighted by Gasteiger charge is -2.10. The molecule has 0 fully saturated rings. The molecule has 110 valence electrons. The zero-order valence-corrected chi connectivity index (χ0v) is 11.8. The number of hydrogen-bond donors (Lipinski definition) is 2. The fourth-order valence-electron chi connectivity index (χ4n) is 1.72. The highest BCUT2D eigenvalue weighted by Crippen LogP contribution is 2.29. The second kappa shape index (κ2) is 5.92. The van der Waals surface area contributed by atoms with Gasteiger partial charge in [-0.3, -0.25) is 19.5 Å². The lowest BCUT2D eigenvalue weighted by atomic mass is 9.99. The zero-order valence-electron chi connectivity index (χ0n) is 11.0. The molecule has 8 nitrogen and oxygen atoms in total. The van der Waals surface area contributed by atoms with Gasteiger partial charge in [-0.05, 0) is 6.92 Å². The maximum absolute atomic E-state index is 12.3. The third-order valence-corrected chi connectivity index (χ3v) is 3.61. The van der Waals surface area contributed by atoms with Gasteiger partial charge in [0.05, 0.1) is 22.8 Å². The molecule has 21 heavy (non-hydrogen) atoms. The number of aromatic nitrogens is 2. The number of nitrogens with zero attached hydrogens (tertiary/aromatic N) is 1. The van der Waals surface area contributed by atoms with E-state index < -0.39 is 23.4 Å². The summed E-state index contributed by atoms with van der Waals surface area (Å²) >= 11 is 0.841. The number of carbonyl (C=O) groups is 4. The highest BCUT2D eigenvalue weighted by Gasteiger charge is 2.34. The van der Waals surface area contributed by atoms with E-state index in [0.717, 1.165) is 17.8 Å². The number of hydrogen-bond acceptors (Lipinski definition) is 7. The number of ketones is 2. The van der Waals surface area contributed by atoms with E-state index in [0.29, 0.717) is 0 Å². The number of thioether (sulfide) groups is 1. The quantitative estimate of drug-likeness (QED) is 0.735. The third kappa shape index (κ3) is 2.87. The Morgan fingerprint density at radius 3 is 2.76 bits per heavy atom. The van der Waals surface area contributed by atoms with Crippen LogP contribution in [0.3, 0.4) is 0 Å². The lowest BCUT2D eigenvalue weighted by Crippen LogP contribution is -2.20. The Hall–Kier alpha value is -2.42. The van der Waals surface area contributed by atoms with E-state index in [2.05, 4.69) is 10.2 Å². The molecular formula is C12H11N3O5S. The summed E-state index contributed by atoms with van der Waals surface area (Å²) < 4.78 is 4.80. The Labute approximate surface area is 123 Å². The molecule has 1 aliphatic carbocycles. The molecule has 9 heteroatoms. The van der Waals surface area contributed by atoms with Gasteiger partial charge in [-0.15, -0.1) is 11.8 Å². The summed E-state index contributed by atoms with van der Waals surface area (Å²) in [5.74, 6) is -2.62. The molecular weight excluding hydrogens is 298 g/mol. The number of fused-ring (bicyclic) bond motifs is 1. The van der Waals surface area contributed by atoms with Gasteiger partial charge < -0.3 is 10.5 Å². The van der Waals surface area contributed by atoms with Crippen molar-refractivity contribution in [1.82, 2.24) is 10.2 Å². The summed E-state index contributed by atoms with van der Waals surface area (Å²) in [5.41, 5.74) is 4.57. The first kappa shape index (κ1) is 15.0. The summed E-state index contributed by atoms with van der Waals surface area (Å²) in [5, 5.41) is 6.03. The van der Waals surface area contributed by atoms with E-state index in [1.807, 2.05) is 0 Å². The predicted octanol–water partition coefficient (Wildman–Crippen LogP) is 0.0678.